The summed E-state index contributed by atoms with van der Waals surface area (Å²) in [4.78, 5) is 18.2. The molecule has 98 valence electrons. The molecule has 0 aromatic carbocycles. The van der Waals surface area contributed by atoms with Crippen molar-refractivity contribution in [3.63, 3.8) is 0 Å². The van der Waals surface area contributed by atoms with Crippen LogP contribution >= 0.6 is 12.2 Å². The summed E-state index contributed by atoms with van der Waals surface area (Å²) in [5.41, 5.74) is -0.324. The molecule has 2 rings (SSSR count). The van der Waals surface area contributed by atoms with Crippen molar-refractivity contribution in [1.29, 1.82) is 0 Å². The van der Waals surface area contributed by atoms with Gasteiger partial charge in [0.2, 0.25) is 5.88 Å². The first-order valence-electron chi connectivity index (χ1n) is 5.83. The molecule has 0 amide bonds. The van der Waals surface area contributed by atoms with Crippen LogP contribution in [0.2, 0.25) is 0 Å². The van der Waals surface area contributed by atoms with Gasteiger partial charge in [-0.15, -0.1) is 0 Å². The SMILES string of the molecule is O=c1[nH]c(=S)n(C2CC2)c(O)c1C=NCCCO. The van der Waals surface area contributed by atoms with E-state index in [2.05, 4.69) is 9.98 Å². The Morgan fingerprint density at radius 1 is 1.56 bits per heavy atom. The van der Waals surface area contributed by atoms with E-state index in [1.807, 2.05) is 0 Å². The zero-order valence-corrected chi connectivity index (χ0v) is 10.6. The molecular formula is C11H15N3O3S. The van der Waals surface area contributed by atoms with Gasteiger partial charge in [-0.25, -0.2) is 0 Å². The van der Waals surface area contributed by atoms with Crippen molar-refractivity contribution in [2.45, 2.75) is 25.3 Å². The van der Waals surface area contributed by atoms with Crippen LogP contribution in [0.5, 0.6) is 5.88 Å². The van der Waals surface area contributed by atoms with E-state index in [0.29, 0.717) is 13.0 Å². The van der Waals surface area contributed by atoms with Crippen LogP contribution < -0.4 is 5.56 Å². The van der Waals surface area contributed by atoms with E-state index in [4.69, 9.17) is 17.3 Å². The van der Waals surface area contributed by atoms with Gasteiger partial charge in [-0.2, -0.15) is 0 Å². The smallest absolute Gasteiger partial charge is 0.264 e. The second kappa shape index (κ2) is 5.45. The highest BCUT2D eigenvalue weighted by molar-refractivity contribution is 7.71. The van der Waals surface area contributed by atoms with Gasteiger partial charge in [0, 0.05) is 25.4 Å². The van der Waals surface area contributed by atoms with Crippen molar-refractivity contribution in [3.8, 4) is 5.88 Å². The average Bonchev–Trinajstić information content (AvgIpc) is 3.12. The molecule has 1 fully saturated rings. The minimum Gasteiger partial charge on any atom is -0.494 e. The van der Waals surface area contributed by atoms with Crippen molar-refractivity contribution < 1.29 is 10.2 Å². The van der Waals surface area contributed by atoms with E-state index < -0.39 is 5.56 Å². The Morgan fingerprint density at radius 3 is 2.89 bits per heavy atom. The molecule has 0 atom stereocenters. The third-order valence-corrected chi connectivity index (χ3v) is 3.03. The Balaban J connectivity index is 2.34. The highest BCUT2D eigenvalue weighted by atomic mass is 32.1. The molecule has 0 saturated heterocycles. The number of aromatic hydroxyl groups is 1. The summed E-state index contributed by atoms with van der Waals surface area (Å²) in [5, 5.41) is 18.7. The minimum absolute atomic E-state index is 0.0485. The normalized spacial score (nSPS) is 15.4. The molecule has 0 aliphatic heterocycles. The van der Waals surface area contributed by atoms with Crippen LogP contribution in [0, 0.1) is 4.77 Å². The zero-order chi connectivity index (χ0) is 13.1. The van der Waals surface area contributed by atoms with Gasteiger partial charge in [0.15, 0.2) is 4.77 Å². The number of aromatic amines is 1. The molecule has 1 aromatic heterocycles. The Kier molecular flexibility index (Phi) is 3.93. The fraction of sp³-hybridized carbons (Fsp3) is 0.545. The van der Waals surface area contributed by atoms with Gasteiger partial charge < -0.3 is 10.2 Å². The Bertz CT molecular complexity index is 572. The number of hydrogen-bond acceptors (Lipinski definition) is 5. The predicted molar refractivity (Wildman–Crippen MR) is 70.0 cm³/mol. The number of aliphatic hydroxyl groups excluding tert-OH is 1. The number of aliphatic imine (C=N–C) groups is 1. The molecule has 1 heterocycles. The number of H-pyrrole nitrogens is 1. The van der Waals surface area contributed by atoms with Gasteiger partial charge in [0.25, 0.3) is 5.56 Å². The van der Waals surface area contributed by atoms with E-state index in [-0.39, 0.29) is 28.9 Å². The fourth-order valence-corrected chi connectivity index (χ4v) is 1.99. The van der Waals surface area contributed by atoms with Crippen LogP contribution in [0.15, 0.2) is 9.79 Å². The predicted octanol–water partition coefficient (Wildman–Crippen LogP) is 0.748. The first kappa shape index (κ1) is 13.0. The van der Waals surface area contributed by atoms with Gasteiger partial charge >= 0.3 is 0 Å². The molecule has 18 heavy (non-hydrogen) atoms. The summed E-state index contributed by atoms with van der Waals surface area (Å²) >= 11 is 5.03. The maximum Gasteiger partial charge on any atom is 0.264 e. The minimum atomic E-state index is -0.442. The van der Waals surface area contributed by atoms with E-state index in [9.17, 15) is 9.90 Å². The van der Waals surface area contributed by atoms with Crippen molar-refractivity contribution >= 4 is 18.4 Å². The second-order valence-electron chi connectivity index (χ2n) is 4.21. The molecule has 0 spiro atoms. The molecule has 1 aliphatic carbocycles. The van der Waals surface area contributed by atoms with Crippen LogP contribution in [0.1, 0.15) is 30.9 Å². The van der Waals surface area contributed by atoms with Crippen LogP contribution in [0.3, 0.4) is 0 Å². The topological polar surface area (TPSA) is 90.6 Å². The lowest BCUT2D eigenvalue weighted by Crippen LogP contribution is -2.18. The Hall–Kier alpha value is -1.47. The summed E-state index contributed by atoms with van der Waals surface area (Å²) in [5.74, 6) is -0.126. The average molecular weight is 269 g/mol. The molecule has 1 saturated carbocycles. The quantitative estimate of drug-likeness (QED) is 0.418. The summed E-state index contributed by atoms with van der Waals surface area (Å²) < 4.78 is 1.80. The van der Waals surface area contributed by atoms with Gasteiger partial charge in [0.1, 0.15) is 5.56 Å². The molecule has 0 radical (unpaired) electrons. The first-order chi connectivity index (χ1) is 8.65. The van der Waals surface area contributed by atoms with Gasteiger partial charge in [0.05, 0.1) is 0 Å². The summed E-state index contributed by atoms with van der Waals surface area (Å²) in [6.45, 7) is 0.460. The molecule has 1 aliphatic rings. The van der Waals surface area contributed by atoms with E-state index in [0.717, 1.165) is 12.8 Å². The van der Waals surface area contributed by atoms with Crippen molar-refractivity contribution in [2.24, 2.45) is 4.99 Å². The molecule has 1 aromatic rings. The van der Waals surface area contributed by atoms with Gasteiger partial charge in [-0.1, -0.05) is 0 Å². The molecule has 0 bridgehead atoms. The third kappa shape index (κ3) is 2.68. The third-order valence-electron chi connectivity index (χ3n) is 2.73. The zero-order valence-electron chi connectivity index (χ0n) is 9.80. The highest BCUT2D eigenvalue weighted by Gasteiger charge is 2.27. The Labute approximate surface area is 109 Å². The lowest BCUT2D eigenvalue weighted by Gasteiger charge is -2.09. The fourth-order valence-electron chi connectivity index (χ4n) is 1.66. The standard InChI is InChI=1S/C11H15N3O3S/c15-5-1-4-12-6-8-9(16)13-11(18)14(10(8)17)7-2-3-7/h6-7,15,17H,1-5H2,(H,13,16,18). The maximum atomic E-state index is 11.7. The first-order valence-corrected chi connectivity index (χ1v) is 6.24. The Morgan fingerprint density at radius 2 is 2.28 bits per heavy atom. The van der Waals surface area contributed by atoms with Crippen molar-refractivity contribution in [2.75, 3.05) is 13.2 Å². The molecule has 7 heteroatoms. The number of aromatic nitrogens is 2. The van der Waals surface area contributed by atoms with Crippen LogP contribution in [0.4, 0.5) is 0 Å². The molecule has 3 N–H and O–H groups in total. The van der Waals surface area contributed by atoms with Crippen LogP contribution in [0.25, 0.3) is 0 Å². The second-order valence-corrected chi connectivity index (χ2v) is 4.60. The lowest BCUT2D eigenvalue weighted by atomic mass is 10.3. The van der Waals surface area contributed by atoms with Gasteiger partial charge in [-0.05, 0) is 31.5 Å². The maximum absolute atomic E-state index is 11.7. The number of aliphatic hydroxyl groups is 1. The number of nitrogens with zero attached hydrogens (tertiary/aromatic N) is 2. The molecule has 0 unspecified atom stereocenters. The van der Waals surface area contributed by atoms with Crippen LogP contribution in [-0.2, 0) is 0 Å². The van der Waals surface area contributed by atoms with E-state index in [1.165, 1.54) is 6.21 Å². The van der Waals surface area contributed by atoms with Gasteiger partial charge in [-0.3, -0.25) is 19.3 Å². The van der Waals surface area contributed by atoms with E-state index >= 15 is 0 Å². The summed E-state index contributed by atoms with van der Waals surface area (Å²) in [6.07, 6.45) is 3.76. The molecular weight excluding hydrogens is 254 g/mol. The largest absolute Gasteiger partial charge is 0.494 e. The summed E-state index contributed by atoms with van der Waals surface area (Å²) in [7, 11) is 0. The van der Waals surface area contributed by atoms with Crippen molar-refractivity contribution in [3.05, 3.63) is 20.7 Å². The van der Waals surface area contributed by atoms with Crippen molar-refractivity contribution in [1.82, 2.24) is 9.55 Å². The number of hydrogen-bond donors (Lipinski definition) is 3. The van der Waals surface area contributed by atoms with Crippen LogP contribution in [-0.4, -0.2) is 39.1 Å². The summed E-state index contributed by atoms with van der Waals surface area (Å²) in [6, 6.07) is 0.180. The number of rotatable bonds is 5. The lowest BCUT2D eigenvalue weighted by molar-refractivity contribution is 0.291. The molecule has 6 nitrogen and oxygen atoms in total. The monoisotopic (exact) mass is 269 g/mol. The highest BCUT2D eigenvalue weighted by Crippen LogP contribution is 2.37. The van der Waals surface area contributed by atoms with E-state index in [1.54, 1.807) is 4.57 Å². The number of nitrogens with one attached hydrogen (secondary N) is 1.